The lowest BCUT2D eigenvalue weighted by molar-refractivity contribution is 0.233. The maximum absolute atomic E-state index is 2.38. The van der Waals surface area contributed by atoms with Crippen molar-refractivity contribution in [2.75, 3.05) is 0 Å². The SMILES string of the molecule is C.CC1CC(C)CC(C)C1. The standard InChI is InChI=1S/C9H18.CH4/c1-7-4-8(2)6-9(3)5-7;/h7-9H,4-6H2,1-3H3;1H4. The van der Waals surface area contributed by atoms with E-state index < -0.39 is 0 Å². The van der Waals surface area contributed by atoms with Gasteiger partial charge in [0.15, 0.2) is 0 Å². The molecule has 0 atom stereocenters. The van der Waals surface area contributed by atoms with E-state index in [0.717, 1.165) is 17.8 Å². The van der Waals surface area contributed by atoms with Crippen molar-refractivity contribution in [2.45, 2.75) is 47.5 Å². The average Bonchev–Trinajstić information content (AvgIpc) is 1.59. The minimum Gasteiger partial charge on any atom is -0.0776 e. The first-order valence-corrected chi connectivity index (χ1v) is 4.18. The van der Waals surface area contributed by atoms with Gasteiger partial charge in [-0.3, -0.25) is 0 Å². The molecule has 0 nitrogen and oxygen atoms in total. The highest BCUT2D eigenvalue weighted by Gasteiger charge is 2.19. The van der Waals surface area contributed by atoms with Gasteiger partial charge in [-0.05, 0) is 37.0 Å². The van der Waals surface area contributed by atoms with Crippen LogP contribution < -0.4 is 0 Å². The van der Waals surface area contributed by atoms with E-state index in [-0.39, 0.29) is 7.43 Å². The van der Waals surface area contributed by atoms with Gasteiger partial charge >= 0.3 is 0 Å². The molecule has 1 saturated carbocycles. The Bertz CT molecular complexity index is 61.0. The molecule has 10 heavy (non-hydrogen) atoms. The van der Waals surface area contributed by atoms with Gasteiger partial charge in [-0.2, -0.15) is 0 Å². The summed E-state index contributed by atoms with van der Waals surface area (Å²) >= 11 is 0. The van der Waals surface area contributed by atoms with Crippen molar-refractivity contribution in [3.8, 4) is 0 Å². The van der Waals surface area contributed by atoms with Crippen LogP contribution in [0.25, 0.3) is 0 Å². The van der Waals surface area contributed by atoms with Gasteiger partial charge in [0.1, 0.15) is 0 Å². The predicted molar refractivity (Wildman–Crippen MR) is 48.1 cm³/mol. The van der Waals surface area contributed by atoms with Crippen molar-refractivity contribution in [1.29, 1.82) is 0 Å². The van der Waals surface area contributed by atoms with E-state index in [4.69, 9.17) is 0 Å². The Balaban J connectivity index is 0.000000810. The highest BCUT2D eigenvalue weighted by atomic mass is 14.3. The quantitative estimate of drug-likeness (QED) is 0.483. The molecule has 1 fully saturated rings. The van der Waals surface area contributed by atoms with Crippen LogP contribution in [0.4, 0.5) is 0 Å². The number of rotatable bonds is 0. The first-order valence-electron chi connectivity index (χ1n) is 4.18. The van der Waals surface area contributed by atoms with E-state index in [2.05, 4.69) is 20.8 Å². The third kappa shape index (κ3) is 2.72. The second kappa shape index (κ2) is 4.00. The summed E-state index contributed by atoms with van der Waals surface area (Å²) in [6, 6.07) is 0. The maximum atomic E-state index is 2.38. The van der Waals surface area contributed by atoms with E-state index in [1.807, 2.05) is 0 Å². The van der Waals surface area contributed by atoms with Gasteiger partial charge < -0.3 is 0 Å². The average molecular weight is 142 g/mol. The Labute approximate surface area is 66.0 Å². The topological polar surface area (TPSA) is 0 Å². The molecule has 62 valence electrons. The molecule has 0 heterocycles. The Morgan fingerprint density at radius 2 is 0.900 bits per heavy atom. The zero-order valence-corrected chi connectivity index (χ0v) is 6.85. The summed E-state index contributed by atoms with van der Waals surface area (Å²) in [6.45, 7) is 7.14. The minimum atomic E-state index is 0. The molecule has 0 unspecified atom stereocenters. The summed E-state index contributed by atoms with van der Waals surface area (Å²) in [5.74, 6) is 2.97. The molecule has 1 aliphatic rings. The normalized spacial score (nSPS) is 40.5. The molecular formula is C10H22. The maximum Gasteiger partial charge on any atom is -0.0438 e. The van der Waals surface area contributed by atoms with Gasteiger partial charge in [0.2, 0.25) is 0 Å². The van der Waals surface area contributed by atoms with Gasteiger partial charge in [0, 0.05) is 0 Å². The molecule has 0 aromatic carbocycles. The van der Waals surface area contributed by atoms with Crippen molar-refractivity contribution in [1.82, 2.24) is 0 Å². The van der Waals surface area contributed by atoms with Crippen LogP contribution in [0.15, 0.2) is 0 Å². The lowest BCUT2D eigenvalue weighted by atomic mass is 9.78. The summed E-state index contributed by atoms with van der Waals surface area (Å²) < 4.78 is 0. The Kier molecular flexibility index (Phi) is 4.00. The van der Waals surface area contributed by atoms with E-state index in [0.29, 0.717) is 0 Å². The van der Waals surface area contributed by atoms with E-state index in [9.17, 15) is 0 Å². The number of hydrogen-bond acceptors (Lipinski definition) is 0. The number of hydrogen-bond donors (Lipinski definition) is 0. The first-order chi connectivity index (χ1) is 4.18. The van der Waals surface area contributed by atoms with Crippen molar-refractivity contribution in [2.24, 2.45) is 17.8 Å². The summed E-state index contributed by atoms with van der Waals surface area (Å²) in [7, 11) is 0. The molecule has 0 radical (unpaired) electrons. The lowest BCUT2D eigenvalue weighted by Crippen LogP contribution is -2.16. The smallest absolute Gasteiger partial charge is 0.0438 e. The summed E-state index contributed by atoms with van der Waals surface area (Å²) in [5, 5.41) is 0. The Morgan fingerprint density at radius 1 is 0.700 bits per heavy atom. The molecule has 0 aromatic heterocycles. The highest BCUT2D eigenvalue weighted by molar-refractivity contribution is 4.71. The van der Waals surface area contributed by atoms with Crippen LogP contribution in [0, 0.1) is 17.8 Å². The molecule has 1 aliphatic carbocycles. The van der Waals surface area contributed by atoms with Gasteiger partial charge in [0.25, 0.3) is 0 Å². The van der Waals surface area contributed by atoms with Crippen LogP contribution in [-0.2, 0) is 0 Å². The monoisotopic (exact) mass is 142 g/mol. The Hall–Kier alpha value is 0. The third-order valence-corrected chi connectivity index (χ3v) is 2.41. The molecule has 0 heteroatoms. The molecule has 0 N–H and O–H groups in total. The molecule has 0 amide bonds. The lowest BCUT2D eigenvalue weighted by Gasteiger charge is -2.28. The van der Waals surface area contributed by atoms with Crippen molar-refractivity contribution in [3.05, 3.63) is 0 Å². The molecule has 0 aliphatic heterocycles. The second-order valence-corrected chi connectivity index (χ2v) is 4.02. The fraction of sp³-hybridized carbons (Fsp3) is 1.00. The third-order valence-electron chi connectivity index (χ3n) is 2.41. The summed E-state index contributed by atoms with van der Waals surface area (Å²) in [5.41, 5.74) is 0. The molecule has 0 saturated heterocycles. The van der Waals surface area contributed by atoms with Crippen molar-refractivity contribution < 1.29 is 0 Å². The van der Waals surface area contributed by atoms with Crippen LogP contribution in [0.3, 0.4) is 0 Å². The van der Waals surface area contributed by atoms with Gasteiger partial charge in [-0.15, -0.1) is 0 Å². The summed E-state index contributed by atoms with van der Waals surface area (Å²) in [4.78, 5) is 0. The van der Waals surface area contributed by atoms with Crippen LogP contribution >= 0.6 is 0 Å². The van der Waals surface area contributed by atoms with Crippen LogP contribution in [-0.4, -0.2) is 0 Å². The zero-order chi connectivity index (χ0) is 6.85. The van der Waals surface area contributed by atoms with Gasteiger partial charge in [0.05, 0.1) is 0 Å². The molecule has 0 bridgehead atoms. The minimum absolute atomic E-state index is 0. The second-order valence-electron chi connectivity index (χ2n) is 4.02. The van der Waals surface area contributed by atoms with Crippen LogP contribution in [0.1, 0.15) is 47.5 Å². The van der Waals surface area contributed by atoms with Gasteiger partial charge in [-0.1, -0.05) is 28.2 Å². The molecular weight excluding hydrogens is 120 g/mol. The zero-order valence-electron chi connectivity index (χ0n) is 6.85. The van der Waals surface area contributed by atoms with E-state index in [1.54, 1.807) is 0 Å². The van der Waals surface area contributed by atoms with Crippen molar-refractivity contribution in [3.63, 3.8) is 0 Å². The fourth-order valence-corrected chi connectivity index (χ4v) is 2.35. The highest BCUT2D eigenvalue weighted by Crippen LogP contribution is 2.31. The summed E-state index contributed by atoms with van der Waals surface area (Å²) in [6.07, 6.45) is 4.39. The van der Waals surface area contributed by atoms with E-state index in [1.165, 1.54) is 19.3 Å². The largest absolute Gasteiger partial charge is 0.0776 e. The molecule has 1 rings (SSSR count). The first kappa shape index (κ1) is 10.0. The van der Waals surface area contributed by atoms with Gasteiger partial charge in [-0.25, -0.2) is 0 Å². The van der Waals surface area contributed by atoms with Crippen LogP contribution in [0.5, 0.6) is 0 Å². The Morgan fingerprint density at radius 3 is 1.10 bits per heavy atom. The fourth-order valence-electron chi connectivity index (χ4n) is 2.35. The van der Waals surface area contributed by atoms with Crippen LogP contribution in [0.2, 0.25) is 0 Å². The van der Waals surface area contributed by atoms with E-state index >= 15 is 0 Å². The molecule has 0 spiro atoms. The van der Waals surface area contributed by atoms with Crippen molar-refractivity contribution >= 4 is 0 Å². The molecule has 0 aromatic rings. The predicted octanol–water partition coefficient (Wildman–Crippen LogP) is 3.71.